The van der Waals surface area contributed by atoms with Crippen LogP contribution in [0.2, 0.25) is 0 Å². The second-order valence-electron chi connectivity index (χ2n) is 6.31. The lowest BCUT2D eigenvalue weighted by molar-refractivity contribution is -0.150. The van der Waals surface area contributed by atoms with Crippen LogP contribution in [0.5, 0.6) is 0 Å². The smallest absolute Gasteiger partial charge is 0.408 e. The van der Waals surface area contributed by atoms with E-state index in [0.29, 0.717) is 6.42 Å². The molecule has 0 unspecified atom stereocenters. The van der Waals surface area contributed by atoms with E-state index in [9.17, 15) is 9.59 Å². The van der Waals surface area contributed by atoms with Crippen LogP contribution >= 0.6 is 0 Å². The summed E-state index contributed by atoms with van der Waals surface area (Å²) in [5, 5.41) is 2.47. The number of benzene rings is 1. The number of carbonyl (C=O) groups is 2. The van der Waals surface area contributed by atoms with Crippen molar-refractivity contribution in [2.75, 3.05) is 0 Å². The van der Waals surface area contributed by atoms with E-state index in [-0.39, 0.29) is 6.10 Å². The quantitative estimate of drug-likeness (QED) is 0.849. The number of amides is 1. The Labute approximate surface area is 132 Å². The Morgan fingerprint density at radius 1 is 1.14 bits per heavy atom. The summed E-state index contributed by atoms with van der Waals surface area (Å²) in [5.74, 6) is -0.478. The number of hydrogen-bond acceptors (Lipinski definition) is 4. The molecule has 22 heavy (non-hydrogen) atoms. The highest BCUT2D eigenvalue weighted by molar-refractivity contribution is 5.81. The van der Waals surface area contributed by atoms with Crippen molar-refractivity contribution in [2.45, 2.75) is 58.8 Å². The Balaban J connectivity index is 2.42. The van der Waals surface area contributed by atoms with Gasteiger partial charge < -0.3 is 14.8 Å². The molecule has 0 aliphatic heterocycles. The van der Waals surface area contributed by atoms with E-state index in [1.54, 1.807) is 27.7 Å². The van der Waals surface area contributed by atoms with Gasteiger partial charge in [0.15, 0.2) is 0 Å². The Hall–Kier alpha value is -2.04. The summed E-state index contributed by atoms with van der Waals surface area (Å²) in [6, 6.07) is 9.02. The maximum absolute atomic E-state index is 12.0. The zero-order valence-corrected chi connectivity index (χ0v) is 13.9. The molecule has 1 N–H and O–H groups in total. The van der Waals surface area contributed by atoms with E-state index in [4.69, 9.17) is 9.47 Å². The molecule has 2 atom stereocenters. The Morgan fingerprint density at radius 3 is 2.27 bits per heavy atom. The molecule has 0 saturated heterocycles. The van der Waals surface area contributed by atoms with Crippen LogP contribution in [0, 0.1) is 0 Å². The molecule has 5 nitrogen and oxygen atoms in total. The van der Waals surface area contributed by atoms with Gasteiger partial charge in [0.2, 0.25) is 0 Å². The van der Waals surface area contributed by atoms with Crippen LogP contribution in [0.4, 0.5) is 4.79 Å². The normalized spacial score (nSPS) is 13.9. The van der Waals surface area contributed by atoms with E-state index in [1.165, 1.54) is 0 Å². The maximum Gasteiger partial charge on any atom is 0.408 e. The van der Waals surface area contributed by atoms with Gasteiger partial charge in [0.1, 0.15) is 17.7 Å². The van der Waals surface area contributed by atoms with Crippen LogP contribution in [0.1, 0.15) is 40.2 Å². The van der Waals surface area contributed by atoms with Crippen molar-refractivity contribution in [1.29, 1.82) is 0 Å². The lowest BCUT2D eigenvalue weighted by atomic mass is 10.1. The molecule has 0 aliphatic carbocycles. The highest BCUT2D eigenvalue weighted by Gasteiger charge is 2.23. The van der Waals surface area contributed by atoms with Crippen LogP contribution in [-0.2, 0) is 20.7 Å². The van der Waals surface area contributed by atoms with Crippen LogP contribution in [0.25, 0.3) is 0 Å². The van der Waals surface area contributed by atoms with Gasteiger partial charge in [0.05, 0.1) is 0 Å². The molecule has 0 spiro atoms. The van der Waals surface area contributed by atoms with Crippen LogP contribution in [0.15, 0.2) is 30.3 Å². The molecule has 0 aromatic heterocycles. The minimum Gasteiger partial charge on any atom is -0.461 e. The van der Waals surface area contributed by atoms with Crippen molar-refractivity contribution in [3.63, 3.8) is 0 Å². The summed E-state index contributed by atoms with van der Waals surface area (Å²) in [7, 11) is 0. The third-order valence-corrected chi connectivity index (χ3v) is 2.77. The first-order valence-corrected chi connectivity index (χ1v) is 7.41. The fourth-order valence-electron chi connectivity index (χ4n) is 1.83. The molecular formula is C17H25NO4. The number of ether oxygens (including phenoxy) is 2. The molecule has 122 valence electrons. The highest BCUT2D eigenvalue weighted by atomic mass is 16.6. The van der Waals surface area contributed by atoms with Gasteiger partial charge in [-0.1, -0.05) is 30.3 Å². The summed E-state index contributed by atoms with van der Waals surface area (Å²) in [4.78, 5) is 23.6. The molecule has 1 rings (SSSR count). The number of hydrogen-bond donors (Lipinski definition) is 1. The van der Waals surface area contributed by atoms with Gasteiger partial charge in [-0.25, -0.2) is 9.59 Å². The van der Waals surface area contributed by atoms with Crippen molar-refractivity contribution < 1.29 is 19.1 Å². The van der Waals surface area contributed by atoms with Gasteiger partial charge in [-0.05, 0) is 40.2 Å². The number of carbonyl (C=O) groups excluding carboxylic acids is 2. The molecular weight excluding hydrogens is 282 g/mol. The van der Waals surface area contributed by atoms with Crippen molar-refractivity contribution in [3.05, 3.63) is 35.9 Å². The minimum absolute atomic E-state index is 0.266. The van der Waals surface area contributed by atoms with Crippen molar-refractivity contribution in [3.8, 4) is 0 Å². The predicted octanol–water partition coefficient (Wildman–Crippen LogP) is 3.07. The fourth-order valence-corrected chi connectivity index (χ4v) is 1.83. The van der Waals surface area contributed by atoms with E-state index < -0.39 is 23.7 Å². The lowest BCUT2D eigenvalue weighted by Crippen LogP contribution is -2.43. The average molecular weight is 307 g/mol. The first-order chi connectivity index (χ1) is 10.2. The molecule has 1 aromatic carbocycles. The number of rotatable bonds is 5. The molecule has 0 aliphatic rings. The third-order valence-electron chi connectivity index (χ3n) is 2.77. The minimum atomic E-state index is -0.756. The standard InChI is InChI=1S/C17H25NO4/c1-12(11-14-9-7-6-8-10-14)21-15(19)13(2)18-16(20)22-17(3,4)5/h6-10,12-13H,11H2,1-5H3,(H,18,20)/t12-,13-/m0/s1. The second kappa shape index (κ2) is 7.82. The summed E-state index contributed by atoms with van der Waals surface area (Å²) in [5.41, 5.74) is 0.490. The van der Waals surface area contributed by atoms with Gasteiger partial charge in [-0.2, -0.15) is 0 Å². The van der Waals surface area contributed by atoms with Gasteiger partial charge >= 0.3 is 12.1 Å². The summed E-state index contributed by atoms with van der Waals surface area (Å²) in [6.45, 7) is 8.68. The second-order valence-corrected chi connectivity index (χ2v) is 6.31. The van der Waals surface area contributed by atoms with Crippen molar-refractivity contribution in [1.82, 2.24) is 5.32 Å². The van der Waals surface area contributed by atoms with Gasteiger partial charge in [-0.3, -0.25) is 0 Å². The van der Waals surface area contributed by atoms with Crippen molar-refractivity contribution >= 4 is 12.1 Å². The maximum atomic E-state index is 12.0. The summed E-state index contributed by atoms with van der Waals surface area (Å²) < 4.78 is 10.4. The molecule has 0 heterocycles. The first kappa shape index (κ1) is 18.0. The SMILES string of the molecule is C[C@H](NC(=O)OC(C)(C)C)C(=O)O[C@@H](C)Cc1ccccc1. The molecule has 5 heteroatoms. The van der Waals surface area contributed by atoms with E-state index in [0.717, 1.165) is 5.56 Å². The van der Waals surface area contributed by atoms with Crippen LogP contribution in [0.3, 0.4) is 0 Å². The average Bonchev–Trinajstić information content (AvgIpc) is 2.37. The van der Waals surface area contributed by atoms with Crippen molar-refractivity contribution in [2.24, 2.45) is 0 Å². The van der Waals surface area contributed by atoms with E-state index in [2.05, 4.69) is 5.32 Å². The monoisotopic (exact) mass is 307 g/mol. The van der Waals surface area contributed by atoms with Crippen LogP contribution < -0.4 is 5.32 Å². The highest BCUT2D eigenvalue weighted by Crippen LogP contribution is 2.08. The van der Waals surface area contributed by atoms with Gasteiger partial charge in [0, 0.05) is 6.42 Å². The largest absolute Gasteiger partial charge is 0.461 e. The Bertz CT molecular complexity index is 493. The Kier molecular flexibility index (Phi) is 6.40. The van der Waals surface area contributed by atoms with Gasteiger partial charge in [0.25, 0.3) is 0 Å². The lowest BCUT2D eigenvalue weighted by Gasteiger charge is -2.22. The molecule has 1 aromatic rings. The first-order valence-electron chi connectivity index (χ1n) is 7.41. The van der Waals surface area contributed by atoms with Gasteiger partial charge in [-0.15, -0.1) is 0 Å². The number of nitrogens with one attached hydrogen (secondary N) is 1. The number of alkyl carbamates (subject to hydrolysis) is 1. The third kappa shape index (κ3) is 7.11. The summed E-state index contributed by atoms with van der Waals surface area (Å²) in [6.07, 6.45) is -0.267. The molecule has 0 radical (unpaired) electrons. The molecule has 1 amide bonds. The Morgan fingerprint density at radius 2 is 1.73 bits per heavy atom. The van der Waals surface area contributed by atoms with Crippen LogP contribution in [-0.4, -0.2) is 29.8 Å². The molecule has 0 fully saturated rings. The summed E-state index contributed by atoms with van der Waals surface area (Å²) >= 11 is 0. The van der Waals surface area contributed by atoms with E-state index in [1.807, 2.05) is 37.3 Å². The topological polar surface area (TPSA) is 64.6 Å². The molecule has 0 bridgehead atoms. The zero-order valence-electron chi connectivity index (χ0n) is 13.9. The molecule has 0 saturated carbocycles. The zero-order chi connectivity index (χ0) is 16.8. The predicted molar refractivity (Wildman–Crippen MR) is 84.5 cm³/mol. The van der Waals surface area contributed by atoms with E-state index >= 15 is 0 Å². The fraction of sp³-hybridized carbons (Fsp3) is 0.529. The number of esters is 1.